The van der Waals surface area contributed by atoms with Gasteiger partial charge in [0.15, 0.2) is 0 Å². The highest BCUT2D eigenvalue weighted by atomic mass is 35.5. The number of benzene rings is 1. The second-order valence-corrected chi connectivity index (χ2v) is 4.71. The number of hydrogen-bond acceptors (Lipinski definition) is 2. The second kappa shape index (κ2) is 7.41. The average Bonchev–Trinajstić information content (AvgIpc) is 2.36. The first kappa shape index (κ1) is 15.0. The molecule has 3 nitrogen and oxygen atoms in total. The van der Waals surface area contributed by atoms with E-state index in [2.05, 4.69) is 0 Å². The average molecular weight is 288 g/mol. The fraction of sp³-hybridized carbons (Fsp3) is 0.308. The van der Waals surface area contributed by atoms with Crippen LogP contribution in [0.3, 0.4) is 0 Å². The normalized spacial score (nSPS) is 11.9. The Morgan fingerprint density at radius 1 is 1.44 bits per heavy atom. The molecule has 0 heterocycles. The zero-order chi connectivity index (χ0) is 13.5. The highest BCUT2D eigenvalue weighted by molar-refractivity contribution is 6.36. The van der Waals surface area contributed by atoms with Gasteiger partial charge in [-0.15, -0.1) is 0 Å². The third-order valence-electron chi connectivity index (χ3n) is 2.55. The molecule has 18 heavy (non-hydrogen) atoms. The van der Waals surface area contributed by atoms with Crippen molar-refractivity contribution in [2.24, 2.45) is 0 Å². The van der Waals surface area contributed by atoms with Crippen molar-refractivity contribution in [3.63, 3.8) is 0 Å². The van der Waals surface area contributed by atoms with Crippen LogP contribution in [0.4, 0.5) is 0 Å². The molecule has 0 aliphatic heterocycles. The molecule has 5 heteroatoms. The van der Waals surface area contributed by atoms with Crippen molar-refractivity contribution >= 4 is 29.2 Å². The summed E-state index contributed by atoms with van der Waals surface area (Å²) in [7, 11) is 1.91. The molecule has 0 saturated carbocycles. The Hall–Kier alpha value is -1.03. The van der Waals surface area contributed by atoms with Crippen molar-refractivity contribution in [3.05, 3.63) is 46.0 Å². The molecule has 1 N–H and O–H groups in total. The molecule has 0 radical (unpaired) electrons. The van der Waals surface area contributed by atoms with E-state index >= 15 is 0 Å². The number of carboxylic acid groups (broad SMARTS) is 1. The molecule has 0 bridgehead atoms. The highest BCUT2D eigenvalue weighted by Gasteiger charge is 2.09. The van der Waals surface area contributed by atoms with Crippen LogP contribution in [0.1, 0.15) is 15.9 Å². The first-order valence-corrected chi connectivity index (χ1v) is 6.30. The van der Waals surface area contributed by atoms with Crippen LogP contribution in [0, 0.1) is 0 Å². The molecule has 0 atom stereocenters. The van der Waals surface area contributed by atoms with Crippen molar-refractivity contribution in [1.29, 1.82) is 0 Å². The summed E-state index contributed by atoms with van der Waals surface area (Å²) in [6.45, 7) is 1.27. The SMILES string of the molecule is CN(CCc1ccccc1C(=O)O)C/C(Cl)=C/Cl. The number of nitrogens with zero attached hydrogens (tertiary/aromatic N) is 1. The van der Waals surface area contributed by atoms with Crippen LogP contribution in [-0.4, -0.2) is 36.1 Å². The molecule has 1 rings (SSSR count). The zero-order valence-corrected chi connectivity index (χ0v) is 11.6. The summed E-state index contributed by atoms with van der Waals surface area (Å²) in [5.41, 5.74) is 2.51. The Morgan fingerprint density at radius 2 is 2.11 bits per heavy atom. The van der Waals surface area contributed by atoms with Gasteiger partial charge in [0, 0.05) is 23.7 Å². The molecule has 0 aliphatic rings. The summed E-state index contributed by atoms with van der Waals surface area (Å²) in [5.74, 6) is -0.896. The molecular weight excluding hydrogens is 273 g/mol. The van der Waals surface area contributed by atoms with Gasteiger partial charge in [-0.3, -0.25) is 0 Å². The van der Waals surface area contributed by atoms with E-state index in [1.165, 1.54) is 5.54 Å². The molecule has 0 aromatic heterocycles. The van der Waals surface area contributed by atoms with E-state index in [-0.39, 0.29) is 0 Å². The van der Waals surface area contributed by atoms with E-state index in [9.17, 15) is 4.79 Å². The topological polar surface area (TPSA) is 40.5 Å². The van der Waals surface area contributed by atoms with Crippen molar-refractivity contribution in [1.82, 2.24) is 4.90 Å². The quantitative estimate of drug-likeness (QED) is 0.874. The number of hydrogen-bond donors (Lipinski definition) is 1. The lowest BCUT2D eigenvalue weighted by Gasteiger charge is -2.16. The molecule has 0 aliphatic carbocycles. The van der Waals surface area contributed by atoms with Crippen LogP contribution in [0.5, 0.6) is 0 Å². The van der Waals surface area contributed by atoms with Crippen molar-refractivity contribution < 1.29 is 9.90 Å². The zero-order valence-electron chi connectivity index (χ0n) is 10.1. The monoisotopic (exact) mass is 287 g/mol. The smallest absolute Gasteiger partial charge is 0.335 e. The molecule has 0 unspecified atom stereocenters. The lowest BCUT2D eigenvalue weighted by atomic mass is 10.0. The maximum atomic E-state index is 11.0. The summed E-state index contributed by atoms with van der Waals surface area (Å²) >= 11 is 11.3. The summed E-state index contributed by atoms with van der Waals surface area (Å²) in [6, 6.07) is 7.01. The predicted octanol–water partition coefficient (Wildman–Crippen LogP) is 3.18. The Bertz CT molecular complexity index is 446. The minimum absolute atomic E-state index is 0.352. The molecule has 98 valence electrons. The van der Waals surface area contributed by atoms with E-state index in [1.54, 1.807) is 12.1 Å². The molecule has 0 fully saturated rings. The van der Waals surface area contributed by atoms with Gasteiger partial charge in [-0.25, -0.2) is 4.79 Å². The Morgan fingerprint density at radius 3 is 2.72 bits per heavy atom. The van der Waals surface area contributed by atoms with Gasteiger partial charge in [-0.1, -0.05) is 41.4 Å². The number of aromatic carboxylic acids is 1. The fourth-order valence-corrected chi connectivity index (χ4v) is 1.90. The Labute approximate surface area is 117 Å². The van der Waals surface area contributed by atoms with Crippen LogP contribution >= 0.6 is 23.2 Å². The molecular formula is C13H15Cl2NO2. The number of halogens is 2. The lowest BCUT2D eigenvalue weighted by molar-refractivity contribution is 0.0695. The standard InChI is InChI=1S/C13H15Cl2NO2/c1-16(9-11(15)8-14)7-6-10-4-2-3-5-12(10)13(17)18/h2-5,8H,6-7,9H2,1H3,(H,17,18)/b11-8-. The summed E-state index contributed by atoms with van der Waals surface area (Å²) in [5, 5.41) is 9.61. The van der Waals surface area contributed by atoms with E-state index in [4.69, 9.17) is 28.3 Å². The van der Waals surface area contributed by atoms with E-state index in [1.807, 2.05) is 24.1 Å². The molecule has 1 aromatic carbocycles. The summed E-state index contributed by atoms with van der Waals surface area (Å²) in [6.07, 6.45) is 0.658. The maximum absolute atomic E-state index is 11.0. The van der Waals surface area contributed by atoms with Crippen LogP contribution in [0.15, 0.2) is 34.8 Å². The van der Waals surface area contributed by atoms with Gasteiger partial charge in [-0.05, 0) is 25.1 Å². The van der Waals surface area contributed by atoms with Gasteiger partial charge in [0.25, 0.3) is 0 Å². The molecule has 0 amide bonds. The predicted molar refractivity (Wildman–Crippen MR) is 74.4 cm³/mol. The minimum Gasteiger partial charge on any atom is -0.478 e. The van der Waals surface area contributed by atoms with Crippen LogP contribution in [0.2, 0.25) is 0 Å². The van der Waals surface area contributed by atoms with E-state index < -0.39 is 5.97 Å². The van der Waals surface area contributed by atoms with Gasteiger partial charge in [0.05, 0.1) is 5.56 Å². The number of rotatable bonds is 6. The molecule has 1 aromatic rings. The summed E-state index contributed by atoms with van der Waals surface area (Å²) < 4.78 is 0. The van der Waals surface area contributed by atoms with Gasteiger partial charge in [-0.2, -0.15) is 0 Å². The van der Waals surface area contributed by atoms with E-state index in [0.29, 0.717) is 30.1 Å². The number of carbonyl (C=O) groups is 1. The minimum atomic E-state index is -0.896. The largest absolute Gasteiger partial charge is 0.478 e. The van der Waals surface area contributed by atoms with E-state index in [0.717, 1.165) is 5.56 Å². The molecule has 0 spiro atoms. The molecule has 0 saturated heterocycles. The Balaban J connectivity index is 2.61. The third kappa shape index (κ3) is 4.69. The van der Waals surface area contributed by atoms with Gasteiger partial charge in [0.1, 0.15) is 0 Å². The number of likely N-dealkylation sites (N-methyl/N-ethyl adjacent to an activating group) is 1. The van der Waals surface area contributed by atoms with Crippen molar-refractivity contribution in [2.45, 2.75) is 6.42 Å². The van der Waals surface area contributed by atoms with Crippen LogP contribution in [-0.2, 0) is 6.42 Å². The first-order valence-electron chi connectivity index (χ1n) is 5.49. The van der Waals surface area contributed by atoms with Crippen molar-refractivity contribution in [2.75, 3.05) is 20.1 Å². The maximum Gasteiger partial charge on any atom is 0.335 e. The Kier molecular flexibility index (Phi) is 6.19. The van der Waals surface area contributed by atoms with Gasteiger partial charge in [0.2, 0.25) is 0 Å². The van der Waals surface area contributed by atoms with Gasteiger partial charge >= 0.3 is 5.97 Å². The van der Waals surface area contributed by atoms with Crippen LogP contribution in [0.25, 0.3) is 0 Å². The van der Waals surface area contributed by atoms with Crippen molar-refractivity contribution in [3.8, 4) is 0 Å². The third-order valence-corrected chi connectivity index (χ3v) is 3.15. The lowest BCUT2D eigenvalue weighted by Crippen LogP contribution is -2.23. The first-order chi connectivity index (χ1) is 8.54. The van der Waals surface area contributed by atoms with Gasteiger partial charge < -0.3 is 10.0 Å². The van der Waals surface area contributed by atoms with Crippen LogP contribution < -0.4 is 0 Å². The number of carboxylic acids is 1. The summed E-state index contributed by atoms with van der Waals surface area (Å²) in [4.78, 5) is 13.0. The fourth-order valence-electron chi connectivity index (χ4n) is 1.63. The highest BCUT2D eigenvalue weighted by Crippen LogP contribution is 2.11. The second-order valence-electron chi connectivity index (χ2n) is 4.01.